The predicted molar refractivity (Wildman–Crippen MR) is 76.6 cm³/mol. The molecule has 1 atom stereocenters. The molecule has 0 aliphatic heterocycles. The summed E-state index contributed by atoms with van der Waals surface area (Å²) in [7, 11) is 0. The molecule has 1 unspecified atom stereocenters. The molecule has 0 saturated heterocycles. The fraction of sp³-hybridized carbons (Fsp3) is 0.667. The van der Waals surface area contributed by atoms with E-state index in [-0.39, 0.29) is 11.5 Å². The largest absolute Gasteiger partial charge is 0.388 e. The highest BCUT2D eigenvalue weighted by atomic mass is 19.1. The van der Waals surface area contributed by atoms with Gasteiger partial charge in [0.1, 0.15) is 11.6 Å². The first-order valence-corrected chi connectivity index (χ1v) is 8.17. The van der Waals surface area contributed by atoms with Crippen molar-refractivity contribution in [2.45, 2.75) is 45.1 Å². The van der Waals surface area contributed by atoms with Crippen LogP contribution in [0.3, 0.4) is 0 Å². The van der Waals surface area contributed by atoms with Crippen molar-refractivity contribution >= 4 is 0 Å². The van der Waals surface area contributed by atoms with E-state index in [1.807, 2.05) is 0 Å². The number of aliphatic hydroxyl groups is 1. The van der Waals surface area contributed by atoms with Gasteiger partial charge in [-0.1, -0.05) is 6.07 Å². The van der Waals surface area contributed by atoms with Gasteiger partial charge < -0.3 is 5.11 Å². The molecule has 4 aliphatic carbocycles. The smallest absolute Gasteiger partial charge is 0.134 e. The third-order valence-electron chi connectivity index (χ3n) is 6.28. The molecule has 1 nitrogen and oxygen atoms in total. The zero-order valence-corrected chi connectivity index (χ0v) is 12.4. The summed E-state index contributed by atoms with van der Waals surface area (Å²) < 4.78 is 28.4. The van der Waals surface area contributed by atoms with Crippen LogP contribution in [0.1, 0.15) is 49.3 Å². The number of halogens is 2. The summed E-state index contributed by atoms with van der Waals surface area (Å²) in [5.41, 5.74) is 0.321. The highest BCUT2D eigenvalue weighted by molar-refractivity contribution is 5.29. The van der Waals surface area contributed by atoms with Gasteiger partial charge >= 0.3 is 0 Å². The molecule has 3 heteroatoms. The van der Waals surface area contributed by atoms with Gasteiger partial charge in [-0.05, 0) is 80.2 Å². The van der Waals surface area contributed by atoms with Crippen molar-refractivity contribution in [2.75, 3.05) is 0 Å². The third kappa shape index (κ3) is 2.04. The Labute approximate surface area is 124 Å². The molecule has 0 aromatic heterocycles. The second kappa shape index (κ2) is 4.77. The maximum Gasteiger partial charge on any atom is 0.134 e. The lowest BCUT2D eigenvalue weighted by molar-refractivity contribution is -0.0924. The summed E-state index contributed by atoms with van der Waals surface area (Å²) in [5, 5.41) is 10.8. The van der Waals surface area contributed by atoms with Crippen LogP contribution in [0.15, 0.2) is 12.1 Å². The first kappa shape index (κ1) is 13.7. The first-order chi connectivity index (χ1) is 10.0. The first-order valence-electron chi connectivity index (χ1n) is 8.17. The van der Waals surface area contributed by atoms with E-state index in [2.05, 4.69) is 0 Å². The number of aryl methyl sites for hydroxylation is 1. The lowest BCUT2D eigenvalue weighted by atomic mass is 9.50. The molecule has 0 spiro atoms. The zero-order valence-electron chi connectivity index (χ0n) is 12.4. The molecule has 5 rings (SSSR count). The van der Waals surface area contributed by atoms with Crippen molar-refractivity contribution in [1.82, 2.24) is 0 Å². The molecule has 0 radical (unpaired) electrons. The molecule has 1 N–H and O–H groups in total. The molecule has 114 valence electrons. The Morgan fingerprint density at radius 1 is 1.00 bits per heavy atom. The van der Waals surface area contributed by atoms with E-state index in [1.54, 1.807) is 6.92 Å². The number of rotatable bonds is 2. The summed E-state index contributed by atoms with van der Waals surface area (Å²) in [5.74, 6) is 1.39. The Morgan fingerprint density at radius 3 is 2.14 bits per heavy atom. The topological polar surface area (TPSA) is 20.2 Å². The van der Waals surface area contributed by atoms with E-state index >= 15 is 0 Å². The molecule has 1 aromatic carbocycles. The minimum absolute atomic E-state index is 0.0450. The van der Waals surface area contributed by atoms with Gasteiger partial charge in [0, 0.05) is 0 Å². The van der Waals surface area contributed by atoms with Crippen LogP contribution >= 0.6 is 0 Å². The summed E-state index contributed by atoms with van der Waals surface area (Å²) in [4.78, 5) is 0. The van der Waals surface area contributed by atoms with Gasteiger partial charge in [-0.15, -0.1) is 0 Å². The molecule has 1 aromatic rings. The molecule has 21 heavy (non-hydrogen) atoms. The standard InChI is InChI=1S/C18H22F2O/c1-9-2-3-14(19)16(17(9)20)18(21)15-12-5-10-4-11(7-12)8-13(15)6-10/h2-3,10-13,15,18,21H,4-8H2,1H3. The van der Waals surface area contributed by atoms with E-state index in [9.17, 15) is 13.9 Å². The van der Waals surface area contributed by atoms with Crippen LogP contribution < -0.4 is 0 Å². The van der Waals surface area contributed by atoms with Crippen LogP contribution in [-0.4, -0.2) is 5.11 Å². The number of hydrogen-bond acceptors (Lipinski definition) is 1. The fourth-order valence-corrected chi connectivity index (χ4v) is 5.62. The predicted octanol–water partition coefficient (Wildman–Crippen LogP) is 4.38. The summed E-state index contributed by atoms with van der Waals surface area (Å²) in [6.45, 7) is 1.63. The number of benzene rings is 1. The lowest BCUT2D eigenvalue weighted by Gasteiger charge is -2.55. The van der Waals surface area contributed by atoms with Crippen LogP contribution in [0, 0.1) is 48.1 Å². The summed E-state index contributed by atoms with van der Waals surface area (Å²) in [6, 6.07) is 2.73. The Balaban J connectivity index is 1.69. The van der Waals surface area contributed by atoms with E-state index < -0.39 is 17.7 Å². The van der Waals surface area contributed by atoms with Crippen molar-refractivity contribution in [3.05, 3.63) is 34.9 Å². The van der Waals surface area contributed by atoms with Gasteiger partial charge in [-0.25, -0.2) is 8.78 Å². The van der Waals surface area contributed by atoms with Crippen LogP contribution in [0.2, 0.25) is 0 Å². The van der Waals surface area contributed by atoms with Gasteiger partial charge in [0.15, 0.2) is 0 Å². The zero-order chi connectivity index (χ0) is 14.7. The molecule has 4 saturated carbocycles. The quantitative estimate of drug-likeness (QED) is 0.857. The van der Waals surface area contributed by atoms with E-state index in [0.29, 0.717) is 17.4 Å². The van der Waals surface area contributed by atoms with Gasteiger partial charge in [0.2, 0.25) is 0 Å². The van der Waals surface area contributed by atoms with Gasteiger partial charge in [0.25, 0.3) is 0 Å². The minimum Gasteiger partial charge on any atom is -0.388 e. The number of aliphatic hydroxyl groups excluding tert-OH is 1. The number of hydrogen-bond donors (Lipinski definition) is 1. The van der Waals surface area contributed by atoms with E-state index in [1.165, 1.54) is 18.6 Å². The molecule has 0 amide bonds. The van der Waals surface area contributed by atoms with E-state index in [4.69, 9.17) is 0 Å². The molecule has 0 heterocycles. The maximum absolute atomic E-state index is 14.3. The fourth-order valence-electron chi connectivity index (χ4n) is 5.62. The summed E-state index contributed by atoms with van der Waals surface area (Å²) in [6.07, 6.45) is 4.92. The maximum atomic E-state index is 14.3. The average molecular weight is 292 g/mol. The molecule has 4 fully saturated rings. The second-order valence-corrected chi connectivity index (χ2v) is 7.54. The van der Waals surface area contributed by atoms with Crippen LogP contribution in [-0.2, 0) is 0 Å². The lowest BCUT2D eigenvalue weighted by Crippen LogP contribution is -2.47. The monoisotopic (exact) mass is 292 g/mol. The van der Waals surface area contributed by atoms with Crippen LogP contribution in [0.4, 0.5) is 8.78 Å². The molecule has 4 bridgehead atoms. The third-order valence-corrected chi connectivity index (χ3v) is 6.28. The van der Waals surface area contributed by atoms with Crippen molar-refractivity contribution in [3.8, 4) is 0 Å². The highest BCUT2D eigenvalue weighted by Crippen LogP contribution is 2.59. The van der Waals surface area contributed by atoms with E-state index in [0.717, 1.165) is 37.5 Å². The molecular weight excluding hydrogens is 270 g/mol. The summed E-state index contributed by atoms with van der Waals surface area (Å²) >= 11 is 0. The Kier molecular flexibility index (Phi) is 3.11. The Morgan fingerprint density at radius 2 is 1.57 bits per heavy atom. The Hall–Kier alpha value is -0.960. The molecule has 4 aliphatic rings. The van der Waals surface area contributed by atoms with Crippen molar-refractivity contribution in [1.29, 1.82) is 0 Å². The minimum atomic E-state index is -0.986. The second-order valence-electron chi connectivity index (χ2n) is 7.54. The van der Waals surface area contributed by atoms with Gasteiger partial charge in [0.05, 0.1) is 11.7 Å². The van der Waals surface area contributed by atoms with Crippen LogP contribution in [0.25, 0.3) is 0 Å². The van der Waals surface area contributed by atoms with Crippen LogP contribution in [0.5, 0.6) is 0 Å². The van der Waals surface area contributed by atoms with Crippen molar-refractivity contribution in [2.24, 2.45) is 29.6 Å². The van der Waals surface area contributed by atoms with Gasteiger partial charge in [-0.3, -0.25) is 0 Å². The SMILES string of the molecule is Cc1ccc(F)c(C(O)C2C3CC4CC(C3)CC2C4)c1F. The normalized spacial score (nSPS) is 38.8. The van der Waals surface area contributed by atoms with Crippen molar-refractivity contribution in [3.63, 3.8) is 0 Å². The Bertz CT molecular complexity index is 541. The molecular formula is C18H22F2O. The average Bonchev–Trinajstić information content (AvgIpc) is 2.42. The van der Waals surface area contributed by atoms with Crippen molar-refractivity contribution < 1.29 is 13.9 Å². The van der Waals surface area contributed by atoms with Gasteiger partial charge in [-0.2, -0.15) is 0 Å². The highest BCUT2D eigenvalue weighted by Gasteiger charge is 2.51.